The van der Waals surface area contributed by atoms with Gasteiger partial charge in [0.1, 0.15) is 0 Å². The van der Waals surface area contributed by atoms with Crippen LogP contribution in [0.4, 0.5) is 0 Å². The summed E-state index contributed by atoms with van der Waals surface area (Å²) in [6, 6.07) is 21.5. The van der Waals surface area contributed by atoms with Crippen molar-refractivity contribution in [1.82, 2.24) is 10.4 Å². The van der Waals surface area contributed by atoms with Crippen molar-refractivity contribution in [3.8, 4) is 0 Å². The van der Waals surface area contributed by atoms with Crippen LogP contribution in [0.2, 0.25) is 0 Å². The first-order valence-electron chi connectivity index (χ1n) is 7.49. The molecule has 2 nitrogen and oxygen atoms in total. The van der Waals surface area contributed by atoms with Crippen LogP contribution >= 0.6 is 0 Å². The predicted octanol–water partition coefficient (Wildman–Crippen LogP) is 3.57. The molecule has 0 atom stereocenters. The standard InChI is InChI=1S/C18H22N2/c1-3-7-16(8-4-1)15-19-20-13-11-18(12-14-20)17-9-5-2-6-10-17/h1-10,18-19H,11-15H2. The van der Waals surface area contributed by atoms with Gasteiger partial charge in [-0.05, 0) is 29.9 Å². The summed E-state index contributed by atoms with van der Waals surface area (Å²) >= 11 is 0. The van der Waals surface area contributed by atoms with E-state index in [1.807, 2.05) is 0 Å². The maximum atomic E-state index is 3.54. The van der Waals surface area contributed by atoms with Crippen LogP contribution in [-0.4, -0.2) is 18.1 Å². The van der Waals surface area contributed by atoms with Gasteiger partial charge in [0.05, 0.1) is 0 Å². The number of hydrazine groups is 1. The Morgan fingerprint density at radius 3 is 2.10 bits per heavy atom. The summed E-state index contributed by atoms with van der Waals surface area (Å²) in [5, 5.41) is 2.37. The van der Waals surface area contributed by atoms with Crippen LogP contribution in [0, 0.1) is 0 Å². The van der Waals surface area contributed by atoms with Crippen molar-refractivity contribution in [3.05, 3.63) is 71.8 Å². The Morgan fingerprint density at radius 1 is 0.850 bits per heavy atom. The molecule has 1 aliphatic heterocycles. The van der Waals surface area contributed by atoms with E-state index in [1.165, 1.54) is 24.0 Å². The van der Waals surface area contributed by atoms with Gasteiger partial charge in [-0.15, -0.1) is 0 Å². The molecule has 0 aliphatic carbocycles. The Labute approximate surface area is 121 Å². The van der Waals surface area contributed by atoms with E-state index in [4.69, 9.17) is 0 Å². The van der Waals surface area contributed by atoms with Crippen LogP contribution in [0.15, 0.2) is 60.7 Å². The number of nitrogens with one attached hydrogen (secondary N) is 1. The number of hydrogen-bond donors (Lipinski definition) is 1. The van der Waals surface area contributed by atoms with E-state index in [0.717, 1.165) is 25.6 Å². The molecule has 0 amide bonds. The Kier molecular flexibility index (Phi) is 4.46. The molecule has 2 aromatic rings. The fourth-order valence-corrected chi connectivity index (χ4v) is 2.90. The zero-order valence-corrected chi connectivity index (χ0v) is 11.8. The molecular weight excluding hydrogens is 244 g/mol. The third-order valence-corrected chi connectivity index (χ3v) is 4.12. The molecule has 20 heavy (non-hydrogen) atoms. The molecule has 1 aliphatic rings. The van der Waals surface area contributed by atoms with Gasteiger partial charge in [-0.25, -0.2) is 5.01 Å². The Morgan fingerprint density at radius 2 is 1.45 bits per heavy atom. The van der Waals surface area contributed by atoms with E-state index in [1.54, 1.807) is 0 Å². The lowest BCUT2D eigenvalue weighted by Crippen LogP contribution is -2.42. The van der Waals surface area contributed by atoms with Gasteiger partial charge in [0.15, 0.2) is 0 Å². The van der Waals surface area contributed by atoms with Gasteiger partial charge >= 0.3 is 0 Å². The van der Waals surface area contributed by atoms with E-state index in [9.17, 15) is 0 Å². The first kappa shape index (κ1) is 13.3. The lowest BCUT2D eigenvalue weighted by Gasteiger charge is -2.32. The molecule has 0 bridgehead atoms. The van der Waals surface area contributed by atoms with Crippen LogP contribution < -0.4 is 5.43 Å². The first-order chi connectivity index (χ1) is 9.92. The summed E-state index contributed by atoms with van der Waals surface area (Å²) in [7, 11) is 0. The number of benzene rings is 2. The largest absolute Gasteiger partial charge is 0.251 e. The number of rotatable bonds is 4. The van der Waals surface area contributed by atoms with Gasteiger partial charge in [0.25, 0.3) is 0 Å². The molecule has 1 fully saturated rings. The molecule has 0 unspecified atom stereocenters. The van der Waals surface area contributed by atoms with Crippen LogP contribution in [0.1, 0.15) is 29.9 Å². The summed E-state index contributed by atoms with van der Waals surface area (Å²) in [5.41, 5.74) is 6.38. The highest BCUT2D eigenvalue weighted by atomic mass is 15.5. The zero-order chi connectivity index (χ0) is 13.6. The summed E-state index contributed by atoms with van der Waals surface area (Å²) < 4.78 is 0. The van der Waals surface area contributed by atoms with Crippen LogP contribution in [0.25, 0.3) is 0 Å². The summed E-state index contributed by atoms with van der Waals surface area (Å²) in [6.45, 7) is 3.19. The number of piperidine rings is 1. The van der Waals surface area contributed by atoms with Crippen LogP contribution in [0.5, 0.6) is 0 Å². The minimum absolute atomic E-state index is 0.728. The molecule has 3 rings (SSSR count). The molecule has 1 heterocycles. The molecule has 104 valence electrons. The van der Waals surface area contributed by atoms with Gasteiger partial charge in [-0.2, -0.15) is 0 Å². The Balaban J connectivity index is 1.47. The van der Waals surface area contributed by atoms with Crippen molar-refractivity contribution < 1.29 is 0 Å². The first-order valence-corrected chi connectivity index (χ1v) is 7.49. The molecule has 1 N–H and O–H groups in total. The molecule has 1 saturated heterocycles. The van der Waals surface area contributed by atoms with Crippen molar-refractivity contribution in [2.45, 2.75) is 25.3 Å². The fourth-order valence-electron chi connectivity index (χ4n) is 2.90. The SMILES string of the molecule is c1ccc(CNN2CCC(c3ccccc3)CC2)cc1. The minimum atomic E-state index is 0.728. The maximum Gasteiger partial charge on any atom is 0.0353 e. The van der Waals surface area contributed by atoms with Gasteiger partial charge in [-0.3, -0.25) is 5.43 Å². The quantitative estimate of drug-likeness (QED) is 0.910. The maximum absolute atomic E-state index is 3.54. The zero-order valence-electron chi connectivity index (χ0n) is 11.8. The third-order valence-electron chi connectivity index (χ3n) is 4.12. The number of nitrogens with zero attached hydrogens (tertiary/aromatic N) is 1. The van der Waals surface area contributed by atoms with Gasteiger partial charge in [-0.1, -0.05) is 60.7 Å². The van der Waals surface area contributed by atoms with Gasteiger partial charge < -0.3 is 0 Å². The van der Waals surface area contributed by atoms with Crippen molar-refractivity contribution in [1.29, 1.82) is 0 Å². The molecule has 2 aromatic carbocycles. The van der Waals surface area contributed by atoms with Crippen LogP contribution in [0.3, 0.4) is 0 Å². The van der Waals surface area contributed by atoms with Crippen molar-refractivity contribution in [2.75, 3.05) is 13.1 Å². The van der Waals surface area contributed by atoms with E-state index in [2.05, 4.69) is 71.1 Å². The predicted molar refractivity (Wildman–Crippen MR) is 83.3 cm³/mol. The molecule has 2 heteroatoms. The van der Waals surface area contributed by atoms with E-state index in [0.29, 0.717) is 0 Å². The monoisotopic (exact) mass is 266 g/mol. The molecule has 0 spiro atoms. The average Bonchev–Trinajstić information content (AvgIpc) is 2.55. The van der Waals surface area contributed by atoms with Crippen LogP contribution in [-0.2, 0) is 6.54 Å². The lowest BCUT2D eigenvalue weighted by atomic mass is 9.90. The minimum Gasteiger partial charge on any atom is -0.251 e. The highest BCUT2D eigenvalue weighted by Gasteiger charge is 2.19. The number of hydrogen-bond acceptors (Lipinski definition) is 2. The third kappa shape index (κ3) is 3.47. The Hall–Kier alpha value is -1.64. The highest BCUT2D eigenvalue weighted by Crippen LogP contribution is 2.26. The highest BCUT2D eigenvalue weighted by molar-refractivity contribution is 5.20. The van der Waals surface area contributed by atoms with Gasteiger partial charge in [0, 0.05) is 19.6 Å². The van der Waals surface area contributed by atoms with E-state index >= 15 is 0 Å². The second-order valence-corrected chi connectivity index (χ2v) is 5.49. The summed E-state index contributed by atoms with van der Waals surface area (Å²) in [5.74, 6) is 0.728. The molecular formula is C18H22N2. The fraction of sp³-hybridized carbons (Fsp3) is 0.333. The second-order valence-electron chi connectivity index (χ2n) is 5.49. The average molecular weight is 266 g/mol. The molecule has 0 aromatic heterocycles. The summed E-state index contributed by atoms with van der Waals surface area (Å²) in [4.78, 5) is 0. The van der Waals surface area contributed by atoms with E-state index < -0.39 is 0 Å². The normalized spacial score (nSPS) is 17.2. The van der Waals surface area contributed by atoms with Crippen molar-refractivity contribution in [3.63, 3.8) is 0 Å². The van der Waals surface area contributed by atoms with Gasteiger partial charge in [0.2, 0.25) is 0 Å². The lowest BCUT2D eigenvalue weighted by molar-refractivity contribution is 0.140. The van der Waals surface area contributed by atoms with E-state index in [-0.39, 0.29) is 0 Å². The van der Waals surface area contributed by atoms with Crippen molar-refractivity contribution >= 4 is 0 Å². The molecule has 0 radical (unpaired) electrons. The second kappa shape index (κ2) is 6.69. The summed E-state index contributed by atoms with van der Waals surface area (Å²) in [6.07, 6.45) is 2.48. The smallest absolute Gasteiger partial charge is 0.0353 e. The topological polar surface area (TPSA) is 15.3 Å². The Bertz CT molecular complexity index is 501. The molecule has 0 saturated carbocycles. The van der Waals surface area contributed by atoms with Crippen molar-refractivity contribution in [2.24, 2.45) is 0 Å².